The first kappa shape index (κ1) is 16.3. The summed E-state index contributed by atoms with van der Waals surface area (Å²) < 4.78 is 6.54. The summed E-state index contributed by atoms with van der Waals surface area (Å²) in [5, 5.41) is 0. The Bertz CT molecular complexity index is 863. The molecule has 3 rings (SSSR count). The van der Waals surface area contributed by atoms with Crippen LogP contribution in [0, 0.1) is 0 Å². The lowest BCUT2D eigenvalue weighted by atomic mass is 10.0. The Morgan fingerprint density at radius 2 is 1.67 bits per heavy atom. The molecule has 0 unspecified atom stereocenters. The topological polar surface area (TPSA) is 52.3 Å². The van der Waals surface area contributed by atoms with Crippen LogP contribution in [0.15, 0.2) is 77.3 Å². The van der Waals surface area contributed by atoms with E-state index in [-0.39, 0.29) is 0 Å². The number of carbonyl (C=O) groups is 1. The molecule has 0 heterocycles. The Balaban J connectivity index is 1.80. The van der Waals surface area contributed by atoms with E-state index in [2.05, 4.69) is 15.9 Å². The lowest BCUT2D eigenvalue weighted by Gasteiger charge is -2.09. The second-order valence-corrected chi connectivity index (χ2v) is 6.22. The van der Waals surface area contributed by atoms with Crippen LogP contribution < -0.4 is 10.5 Å². The predicted octanol–water partition coefficient (Wildman–Crippen LogP) is 4.79. The molecule has 0 atom stereocenters. The van der Waals surface area contributed by atoms with Crippen LogP contribution in [0.1, 0.15) is 15.9 Å². The van der Waals surface area contributed by atoms with Gasteiger partial charge in [0, 0.05) is 4.47 Å². The van der Waals surface area contributed by atoms with Gasteiger partial charge in [-0.2, -0.15) is 0 Å². The largest absolute Gasteiger partial charge is 0.489 e. The minimum Gasteiger partial charge on any atom is -0.489 e. The van der Waals surface area contributed by atoms with E-state index in [0.717, 1.165) is 22.4 Å². The van der Waals surface area contributed by atoms with Crippen LogP contribution in [-0.4, -0.2) is 5.91 Å². The van der Waals surface area contributed by atoms with Crippen molar-refractivity contribution < 1.29 is 9.53 Å². The maximum absolute atomic E-state index is 11.3. The third kappa shape index (κ3) is 3.84. The van der Waals surface area contributed by atoms with Crippen LogP contribution in [0.25, 0.3) is 11.1 Å². The van der Waals surface area contributed by atoms with E-state index in [4.69, 9.17) is 10.5 Å². The zero-order valence-electron chi connectivity index (χ0n) is 12.9. The van der Waals surface area contributed by atoms with E-state index in [1.807, 2.05) is 66.7 Å². The number of hydrogen-bond acceptors (Lipinski definition) is 2. The quantitative estimate of drug-likeness (QED) is 0.690. The fourth-order valence-corrected chi connectivity index (χ4v) is 2.98. The molecule has 120 valence electrons. The van der Waals surface area contributed by atoms with E-state index in [1.54, 1.807) is 6.07 Å². The van der Waals surface area contributed by atoms with Gasteiger partial charge in [-0.15, -0.1) is 0 Å². The molecule has 0 aliphatic carbocycles. The minimum atomic E-state index is -0.451. The summed E-state index contributed by atoms with van der Waals surface area (Å²) >= 11 is 3.39. The molecule has 0 aliphatic rings. The average molecular weight is 382 g/mol. The Labute approximate surface area is 149 Å². The third-order valence-corrected chi connectivity index (χ3v) is 4.31. The summed E-state index contributed by atoms with van der Waals surface area (Å²) in [6.45, 7) is 0.522. The van der Waals surface area contributed by atoms with Gasteiger partial charge >= 0.3 is 0 Å². The normalized spacial score (nSPS) is 10.4. The number of rotatable bonds is 5. The van der Waals surface area contributed by atoms with Crippen molar-refractivity contribution in [3.63, 3.8) is 0 Å². The number of ether oxygens (including phenoxy) is 1. The van der Waals surface area contributed by atoms with Crippen molar-refractivity contribution in [3.8, 4) is 16.9 Å². The minimum absolute atomic E-state index is 0.451. The average Bonchev–Trinajstić information content (AvgIpc) is 2.61. The molecule has 0 aliphatic heterocycles. The monoisotopic (exact) mass is 381 g/mol. The highest BCUT2D eigenvalue weighted by Crippen LogP contribution is 2.28. The van der Waals surface area contributed by atoms with Crippen molar-refractivity contribution in [2.24, 2.45) is 5.73 Å². The first-order valence-electron chi connectivity index (χ1n) is 7.50. The van der Waals surface area contributed by atoms with E-state index in [0.29, 0.717) is 16.6 Å². The molecule has 4 heteroatoms. The molecule has 2 N–H and O–H groups in total. The Morgan fingerprint density at radius 1 is 0.917 bits per heavy atom. The van der Waals surface area contributed by atoms with Crippen LogP contribution in [0.5, 0.6) is 5.75 Å². The summed E-state index contributed by atoms with van der Waals surface area (Å²) in [5.41, 5.74) is 8.92. The lowest BCUT2D eigenvalue weighted by Crippen LogP contribution is -2.11. The Kier molecular flexibility index (Phi) is 4.96. The fourth-order valence-electron chi connectivity index (χ4n) is 2.40. The molecule has 0 radical (unpaired) electrons. The SMILES string of the molecule is NC(=O)c1ccc(-c2cccc(OCc3ccccc3)c2)cc1Br. The standard InChI is InChI=1S/C20H16BrNO2/c21-19-12-16(9-10-18(19)20(22)23)15-7-4-8-17(11-15)24-13-14-5-2-1-3-6-14/h1-12H,13H2,(H2,22,23). The highest BCUT2D eigenvalue weighted by molar-refractivity contribution is 9.10. The molecular formula is C20H16BrNO2. The Hall–Kier alpha value is -2.59. The number of nitrogens with two attached hydrogens (primary N) is 1. The van der Waals surface area contributed by atoms with Gasteiger partial charge < -0.3 is 10.5 Å². The van der Waals surface area contributed by atoms with Gasteiger partial charge in [-0.05, 0) is 56.9 Å². The number of hydrogen-bond donors (Lipinski definition) is 1. The molecule has 3 aromatic rings. The number of carbonyl (C=O) groups excluding carboxylic acids is 1. The molecule has 0 saturated heterocycles. The van der Waals surface area contributed by atoms with Crippen LogP contribution in [-0.2, 0) is 6.61 Å². The molecule has 0 fully saturated rings. The van der Waals surface area contributed by atoms with Crippen LogP contribution in [0.2, 0.25) is 0 Å². The molecule has 0 aromatic heterocycles. The van der Waals surface area contributed by atoms with E-state index >= 15 is 0 Å². The molecule has 0 bridgehead atoms. The van der Waals surface area contributed by atoms with Crippen molar-refractivity contribution >= 4 is 21.8 Å². The molecule has 0 saturated carbocycles. The zero-order valence-corrected chi connectivity index (χ0v) is 14.5. The van der Waals surface area contributed by atoms with E-state index in [9.17, 15) is 4.79 Å². The van der Waals surface area contributed by atoms with Gasteiger partial charge in [-0.3, -0.25) is 4.79 Å². The van der Waals surface area contributed by atoms with Crippen LogP contribution in [0.3, 0.4) is 0 Å². The number of primary amides is 1. The molecule has 3 aromatic carbocycles. The second kappa shape index (κ2) is 7.32. The Morgan fingerprint density at radius 3 is 2.38 bits per heavy atom. The van der Waals surface area contributed by atoms with Crippen molar-refractivity contribution in [2.45, 2.75) is 6.61 Å². The van der Waals surface area contributed by atoms with Crippen LogP contribution in [0.4, 0.5) is 0 Å². The third-order valence-electron chi connectivity index (χ3n) is 3.65. The van der Waals surface area contributed by atoms with E-state index in [1.165, 1.54) is 0 Å². The second-order valence-electron chi connectivity index (χ2n) is 5.36. The van der Waals surface area contributed by atoms with Crippen molar-refractivity contribution in [2.75, 3.05) is 0 Å². The van der Waals surface area contributed by atoms with E-state index < -0.39 is 5.91 Å². The summed E-state index contributed by atoms with van der Waals surface area (Å²) in [6.07, 6.45) is 0. The number of amides is 1. The van der Waals surface area contributed by atoms with Gasteiger partial charge in [0.05, 0.1) is 5.56 Å². The first-order chi connectivity index (χ1) is 11.6. The van der Waals surface area contributed by atoms with Gasteiger partial charge in [-0.25, -0.2) is 0 Å². The lowest BCUT2D eigenvalue weighted by molar-refractivity contribution is 0.0999. The van der Waals surface area contributed by atoms with Gasteiger partial charge in [0.1, 0.15) is 12.4 Å². The summed E-state index contributed by atoms with van der Waals surface area (Å²) in [7, 11) is 0. The summed E-state index contributed by atoms with van der Waals surface area (Å²) in [5.74, 6) is 0.347. The molecular weight excluding hydrogens is 366 g/mol. The van der Waals surface area contributed by atoms with Crippen molar-refractivity contribution in [1.29, 1.82) is 0 Å². The van der Waals surface area contributed by atoms with Gasteiger partial charge in [-0.1, -0.05) is 48.5 Å². The smallest absolute Gasteiger partial charge is 0.249 e. The zero-order chi connectivity index (χ0) is 16.9. The fraction of sp³-hybridized carbons (Fsp3) is 0.0500. The molecule has 3 nitrogen and oxygen atoms in total. The highest BCUT2D eigenvalue weighted by atomic mass is 79.9. The summed E-state index contributed by atoms with van der Waals surface area (Å²) in [4.78, 5) is 11.3. The maximum Gasteiger partial charge on any atom is 0.249 e. The number of halogens is 1. The molecule has 1 amide bonds. The maximum atomic E-state index is 11.3. The highest BCUT2D eigenvalue weighted by Gasteiger charge is 2.08. The molecule has 0 spiro atoms. The predicted molar refractivity (Wildman–Crippen MR) is 98.9 cm³/mol. The van der Waals surface area contributed by atoms with Crippen molar-refractivity contribution in [3.05, 3.63) is 88.4 Å². The molecule has 24 heavy (non-hydrogen) atoms. The van der Waals surface area contributed by atoms with Gasteiger partial charge in [0.2, 0.25) is 5.91 Å². The van der Waals surface area contributed by atoms with Gasteiger partial charge in [0.15, 0.2) is 0 Å². The van der Waals surface area contributed by atoms with Gasteiger partial charge in [0.25, 0.3) is 0 Å². The summed E-state index contributed by atoms with van der Waals surface area (Å²) in [6, 6.07) is 23.4. The number of benzene rings is 3. The van der Waals surface area contributed by atoms with Crippen LogP contribution >= 0.6 is 15.9 Å². The first-order valence-corrected chi connectivity index (χ1v) is 8.29. The van der Waals surface area contributed by atoms with Crippen molar-refractivity contribution in [1.82, 2.24) is 0 Å².